The summed E-state index contributed by atoms with van der Waals surface area (Å²) in [6.45, 7) is -3.07. The first-order valence-electron chi connectivity index (χ1n) is 6.82. The first kappa shape index (κ1) is 7.31. The van der Waals surface area contributed by atoms with Crippen molar-refractivity contribution in [3.63, 3.8) is 0 Å². The zero-order valence-corrected chi connectivity index (χ0v) is 9.66. The zero-order valence-electron chi connectivity index (χ0n) is 13.7. The molecule has 1 aliphatic heterocycles. The van der Waals surface area contributed by atoms with Crippen molar-refractivity contribution in [1.29, 1.82) is 0 Å². The number of hydrogen-bond acceptors (Lipinski definition) is 7. The van der Waals surface area contributed by atoms with Gasteiger partial charge in [0, 0.05) is 6.50 Å². The van der Waals surface area contributed by atoms with Crippen LogP contribution in [0.3, 0.4) is 0 Å². The molecule has 0 unspecified atom stereocenters. The van der Waals surface area contributed by atoms with Crippen LogP contribution in [-0.4, -0.2) is 43.1 Å². The highest BCUT2D eigenvalue weighted by Gasteiger charge is 2.17. The fourth-order valence-corrected chi connectivity index (χ4v) is 1.30. The molecule has 7 heteroatoms. The number of guanidine groups is 1. The van der Waals surface area contributed by atoms with Crippen molar-refractivity contribution in [2.75, 3.05) is 32.5 Å². The Morgan fingerprint density at radius 2 is 1.94 bits per heavy atom. The number of aromatic nitrogens is 2. The Morgan fingerprint density at radius 1 is 1.29 bits per heavy atom. The van der Waals surface area contributed by atoms with Gasteiger partial charge in [0.25, 0.3) is 0 Å². The molecule has 0 aliphatic carbocycles. The van der Waals surface area contributed by atoms with Crippen molar-refractivity contribution >= 4 is 11.6 Å². The lowest BCUT2D eigenvalue weighted by atomic mass is 10.4. The molecule has 0 bridgehead atoms. The molecule has 92 valence electrons. The molecular weight excluding hydrogens is 222 g/mol. The Kier molecular flexibility index (Phi) is 2.09. The average molecular weight is 241 g/mol. The number of nitrogens with one attached hydrogen (secondary N) is 2. The molecule has 1 aliphatic rings. The van der Waals surface area contributed by atoms with Crippen molar-refractivity contribution in [2.45, 2.75) is 6.92 Å². The monoisotopic (exact) mass is 241 g/mol. The number of hydrogen-bond donors (Lipinski definition) is 2. The predicted molar refractivity (Wildman–Crippen MR) is 63.8 cm³/mol. The SMILES string of the molecule is [2H]C1([2H])N=C(Nc2c(OC)nc(C)nc2OC)NC1([2H])[2H]. The van der Waals surface area contributed by atoms with Crippen molar-refractivity contribution in [3.8, 4) is 11.8 Å². The van der Waals surface area contributed by atoms with Gasteiger partial charge in [-0.15, -0.1) is 0 Å². The van der Waals surface area contributed by atoms with Gasteiger partial charge in [0.2, 0.25) is 11.8 Å². The second kappa shape index (κ2) is 4.86. The van der Waals surface area contributed by atoms with Crippen LogP contribution in [0, 0.1) is 6.92 Å². The number of methoxy groups -OCH3 is 2. The quantitative estimate of drug-likeness (QED) is 0.785. The molecule has 0 saturated carbocycles. The van der Waals surface area contributed by atoms with Gasteiger partial charge in [-0.1, -0.05) is 0 Å². The van der Waals surface area contributed by atoms with Crippen LogP contribution < -0.4 is 20.1 Å². The number of ether oxygens (including phenoxy) is 2. The molecule has 1 aromatic heterocycles. The van der Waals surface area contributed by atoms with E-state index in [0.717, 1.165) is 0 Å². The number of rotatable bonds is 3. The summed E-state index contributed by atoms with van der Waals surface area (Å²) < 4.78 is 40.4. The molecule has 2 N–H and O–H groups in total. The Labute approximate surface area is 105 Å². The molecule has 2 heterocycles. The second-order valence-corrected chi connectivity index (χ2v) is 3.11. The third-order valence-electron chi connectivity index (χ3n) is 1.99. The van der Waals surface area contributed by atoms with Crippen LogP contribution in [0.15, 0.2) is 4.99 Å². The molecule has 0 amide bonds. The highest BCUT2D eigenvalue weighted by molar-refractivity contribution is 5.96. The number of aliphatic imine (C=N–C) groups is 1. The summed E-state index contributed by atoms with van der Waals surface area (Å²) in [6, 6.07) is 0. The molecular formula is C10H15N5O2. The molecule has 1 aromatic rings. The minimum absolute atomic E-state index is 0.103. The summed E-state index contributed by atoms with van der Waals surface area (Å²) in [5.41, 5.74) is 0.227. The van der Waals surface area contributed by atoms with Gasteiger partial charge in [0.15, 0.2) is 11.6 Å². The minimum atomic E-state index is -2.40. The molecule has 2 rings (SSSR count). The molecule has 0 fully saturated rings. The normalized spacial score (nSPS) is 23.4. The fourth-order valence-electron chi connectivity index (χ4n) is 1.30. The van der Waals surface area contributed by atoms with Gasteiger partial charge in [-0.25, -0.2) is 0 Å². The van der Waals surface area contributed by atoms with Crippen LogP contribution in [-0.2, 0) is 0 Å². The lowest BCUT2D eigenvalue weighted by Crippen LogP contribution is -2.27. The fraction of sp³-hybridized carbons (Fsp3) is 0.500. The third kappa shape index (κ3) is 2.38. The Hall–Kier alpha value is -2.05. The maximum absolute atomic E-state index is 7.55. The Bertz CT molecular complexity index is 568. The van der Waals surface area contributed by atoms with Crippen molar-refractivity contribution in [3.05, 3.63) is 5.82 Å². The summed E-state index contributed by atoms with van der Waals surface area (Å²) in [5, 5.41) is 5.02. The van der Waals surface area contributed by atoms with Crippen LogP contribution in [0.25, 0.3) is 0 Å². The molecule has 0 radical (unpaired) electrons. The van der Waals surface area contributed by atoms with Crippen LogP contribution in [0.2, 0.25) is 0 Å². The minimum Gasteiger partial charge on any atom is -0.479 e. The largest absolute Gasteiger partial charge is 0.479 e. The molecule has 0 aromatic carbocycles. The van der Waals surface area contributed by atoms with Gasteiger partial charge < -0.3 is 20.1 Å². The maximum Gasteiger partial charge on any atom is 0.245 e. The topological polar surface area (TPSA) is 80.7 Å². The Balaban J connectivity index is 2.37. The summed E-state index contributed by atoms with van der Waals surface area (Å²) in [5.74, 6) is 0.684. The van der Waals surface area contributed by atoms with E-state index in [9.17, 15) is 0 Å². The van der Waals surface area contributed by atoms with Crippen LogP contribution in [0.1, 0.15) is 11.3 Å². The standard InChI is InChI=1S/C10H15N5O2/c1-6-13-8(16-2)7(9(14-6)17-3)15-10-11-4-5-12-10/h4-5H2,1-3H3,(H2,11,12,15)/i4D2,5D2. The van der Waals surface area contributed by atoms with Crippen molar-refractivity contribution < 1.29 is 15.0 Å². The van der Waals surface area contributed by atoms with Gasteiger partial charge in [-0.3, -0.25) is 4.99 Å². The van der Waals surface area contributed by atoms with Gasteiger partial charge in [-0.05, 0) is 6.92 Å². The highest BCUT2D eigenvalue weighted by Crippen LogP contribution is 2.30. The number of anilines is 1. The van der Waals surface area contributed by atoms with E-state index in [2.05, 4.69) is 25.6 Å². The van der Waals surface area contributed by atoms with Gasteiger partial charge in [-0.2, -0.15) is 9.97 Å². The Morgan fingerprint density at radius 3 is 2.41 bits per heavy atom. The van der Waals surface area contributed by atoms with Crippen LogP contribution in [0.5, 0.6) is 11.8 Å². The van der Waals surface area contributed by atoms with Crippen molar-refractivity contribution in [2.24, 2.45) is 4.99 Å². The zero-order chi connectivity index (χ0) is 15.8. The van der Waals surface area contributed by atoms with E-state index in [-0.39, 0.29) is 23.4 Å². The van der Waals surface area contributed by atoms with Crippen LogP contribution >= 0.6 is 0 Å². The van der Waals surface area contributed by atoms with E-state index in [0.29, 0.717) is 5.82 Å². The maximum atomic E-state index is 7.55. The summed E-state index contributed by atoms with van der Waals surface area (Å²) in [4.78, 5) is 11.8. The highest BCUT2D eigenvalue weighted by atomic mass is 16.5. The molecule has 0 saturated heterocycles. The predicted octanol–water partition coefficient (Wildman–Crippen LogP) is 0.173. The first-order chi connectivity index (χ1) is 9.70. The van der Waals surface area contributed by atoms with Gasteiger partial charge >= 0.3 is 0 Å². The van der Waals surface area contributed by atoms with E-state index in [1.54, 1.807) is 6.92 Å². The average Bonchev–Trinajstić information content (AvgIpc) is 2.58. The molecule has 0 atom stereocenters. The van der Waals surface area contributed by atoms with E-state index in [4.69, 9.17) is 15.0 Å². The van der Waals surface area contributed by atoms with E-state index >= 15 is 0 Å². The third-order valence-corrected chi connectivity index (χ3v) is 1.99. The van der Waals surface area contributed by atoms with E-state index < -0.39 is 13.0 Å². The van der Waals surface area contributed by atoms with Gasteiger partial charge in [0.05, 0.1) is 26.2 Å². The van der Waals surface area contributed by atoms with E-state index in [1.807, 2.05) is 0 Å². The first-order valence-corrected chi connectivity index (χ1v) is 4.82. The summed E-state index contributed by atoms with van der Waals surface area (Å²) in [7, 11) is 2.82. The molecule has 7 nitrogen and oxygen atoms in total. The van der Waals surface area contributed by atoms with E-state index in [1.165, 1.54) is 14.2 Å². The lowest BCUT2D eigenvalue weighted by Gasteiger charge is -2.13. The number of nitrogens with zero attached hydrogens (tertiary/aromatic N) is 3. The smallest absolute Gasteiger partial charge is 0.245 e. The summed E-state index contributed by atoms with van der Waals surface area (Å²) in [6.07, 6.45) is 0. The van der Waals surface area contributed by atoms with Gasteiger partial charge in [0.1, 0.15) is 5.82 Å². The second-order valence-electron chi connectivity index (χ2n) is 3.11. The van der Waals surface area contributed by atoms with Crippen molar-refractivity contribution in [1.82, 2.24) is 15.3 Å². The molecule has 0 spiro atoms. The number of aryl methyl sites for hydroxylation is 1. The summed E-state index contributed by atoms with van der Waals surface area (Å²) >= 11 is 0. The molecule has 17 heavy (non-hydrogen) atoms. The van der Waals surface area contributed by atoms with Crippen LogP contribution in [0.4, 0.5) is 5.69 Å². The lowest BCUT2D eigenvalue weighted by molar-refractivity contribution is 0.374.